The predicted molar refractivity (Wildman–Crippen MR) is 224 cm³/mol. The molecule has 0 fully saturated rings. The van der Waals surface area contributed by atoms with Gasteiger partial charge in [-0.2, -0.15) is 5.21 Å². The lowest BCUT2D eigenvalue weighted by Crippen LogP contribution is -2.29. The minimum atomic E-state index is -1.06. The van der Waals surface area contributed by atoms with Crippen LogP contribution >= 0.6 is 15.9 Å². The number of alkyl halides is 1. The van der Waals surface area contributed by atoms with E-state index in [9.17, 15) is 33.9 Å². The van der Waals surface area contributed by atoms with E-state index in [1.807, 2.05) is 0 Å². The van der Waals surface area contributed by atoms with Crippen molar-refractivity contribution < 1.29 is 52.8 Å². The number of aromatic amines is 1. The fourth-order valence-corrected chi connectivity index (χ4v) is 6.33. The second-order valence-corrected chi connectivity index (χ2v) is 15.2. The van der Waals surface area contributed by atoms with Crippen LogP contribution in [-0.2, 0) is 54.1 Å². The highest BCUT2D eigenvalue weighted by atomic mass is 79.9. The van der Waals surface area contributed by atoms with Crippen LogP contribution in [0.15, 0.2) is 0 Å². The first kappa shape index (κ1) is 53.8. The van der Waals surface area contributed by atoms with Crippen molar-refractivity contribution in [3.05, 3.63) is 5.82 Å². The molecule has 0 bridgehead atoms. The molecule has 0 spiro atoms. The number of unbranched alkanes of at least 4 members (excludes halogenated alkanes) is 12. The average Bonchev–Trinajstić information content (AvgIpc) is 3.75. The Hall–Kier alpha value is -3.19. The van der Waals surface area contributed by atoms with E-state index in [1.54, 1.807) is 0 Å². The van der Waals surface area contributed by atoms with Crippen molar-refractivity contribution in [3.8, 4) is 0 Å². The second-order valence-electron chi connectivity index (χ2n) is 14.7. The minimum Gasteiger partial charge on any atom is -0.481 e. The summed E-state index contributed by atoms with van der Waals surface area (Å²) in [5, 5.41) is 29.3. The minimum absolute atomic E-state index is 0.0133. The number of tetrazole rings is 1. The largest absolute Gasteiger partial charge is 0.481 e. The van der Waals surface area contributed by atoms with Gasteiger partial charge in [0.15, 0.2) is 11.6 Å². The zero-order valence-corrected chi connectivity index (χ0v) is 36.7. The Morgan fingerprint density at radius 2 is 1.14 bits per heavy atom. The molecular formula is C41H71BrN6O11. The van der Waals surface area contributed by atoms with Crippen molar-refractivity contribution in [1.29, 1.82) is 0 Å². The summed E-state index contributed by atoms with van der Waals surface area (Å²) in [5.74, 6) is -1.72. The lowest BCUT2D eigenvalue weighted by molar-refractivity contribution is -0.144. The lowest BCUT2D eigenvalue weighted by Gasteiger charge is -2.12. The zero-order valence-electron chi connectivity index (χ0n) is 35.2. The molecule has 1 aromatic rings. The number of hydrogen-bond donors (Lipinski definition) is 4. The number of carboxylic acids is 1. The summed E-state index contributed by atoms with van der Waals surface area (Å²) in [6, 6.07) is 0. The molecule has 0 radical (unpaired) electrons. The third kappa shape index (κ3) is 35.3. The number of halogens is 1. The molecule has 59 heavy (non-hydrogen) atoms. The van der Waals surface area contributed by atoms with E-state index < -0.39 is 11.9 Å². The number of carbonyl (C=O) groups excluding carboxylic acids is 5. The predicted octanol–water partition coefficient (Wildman–Crippen LogP) is 5.04. The number of ether oxygens (including phenoxy) is 4. The topological polar surface area (TPSA) is 238 Å². The molecule has 4 N–H and O–H groups in total. The summed E-state index contributed by atoms with van der Waals surface area (Å²) < 4.78 is 21.4. The van der Waals surface area contributed by atoms with Crippen LogP contribution in [0.3, 0.4) is 0 Å². The van der Waals surface area contributed by atoms with Gasteiger partial charge in [-0.25, -0.2) is 0 Å². The summed E-state index contributed by atoms with van der Waals surface area (Å²) in [5.41, 5.74) is 0. The maximum absolute atomic E-state index is 12.4. The molecule has 0 aliphatic rings. The van der Waals surface area contributed by atoms with Gasteiger partial charge in [0, 0.05) is 58.2 Å². The number of amides is 2. The number of rotatable bonds is 44. The number of nitrogens with zero attached hydrogens (tertiary/aromatic N) is 3. The Morgan fingerprint density at radius 3 is 1.76 bits per heavy atom. The number of Topliss-reactive ketones (excluding diaryl/α,β-unsaturated/α-hetero) is 3. The first-order valence-corrected chi connectivity index (χ1v) is 22.7. The van der Waals surface area contributed by atoms with Gasteiger partial charge in [0.1, 0.15) is 24.8 Å². The molecule has 1 atom stereocenters. The maximum Gasteiger partial charge on any atom is 0.306 e. The average molecular weight is 904 g/mol. The van der Waals surface area contributed by atoms with Gasteiger partial charge in [0.05, 0.1) is 44.3 Å². The Bertz CT molecular complexity index is 1260. The molecule has 0 aliphatic carbocycles. The van der Waals surface area contributed by atoms with Crippen molar-refractivity contribution in [2.24, 2.45) is 5.92 Å². The van der Waals surface area contributed by atoms with Gasteiger partial charge in [-0.05, 0) is 32.1 Å². The molecule has 338 valence electrons. The smallest absolute Gasteiger partial charge is 0.306 e. The maximum atomic E-state index is 12.4. The highest BCUT2D eigenvalue weighted by molar-refractivity contribution is 9.09. The van der Waals surface area contributed by atoms with Crippen LogP contribution in [0.2, 0.25) is 0 Å². The van der Waals surface area contributed by atoms with E-state index in [4.69, 9.17) is 18.9 Å². The van der Waals surface area contributed by atoms with Gasteiger partial charge in [-0.3, -0.25) is 28.8 Å². The van der Waals surface area contributed by atoms with Gasteiger partial charge >= 0.3 is 5.97 Å². The molecule has 17 nitrogen and oxygen atoms in total. The Labute approximate surface area is 358 Å². The fourth-order valence-electron chi connectivity index (χ4n) is 6.05. The summed E-state index contributed by atoms with van der Waals surface area (Å²) >= 11 is 3.10. The van der Waals surface area contributed by atoms with Crippen LogP contribution in [0.4, 0.5) is 0 Å². The van der Waals surface area contributed by atoms with Crippen molar-refractivity contribution in [3.63, 3.8) is 0 Å². The van der Waals surface area contributed by atoms with Crippen LogP contribution in [0.5, 0.6) is 0 Å². The number of hydrogen-bond acceptors (Lipinski definition) is 13. The van der Waals surface area contributed by atoms with Crippen LogP contribution in [0.25, 0.3) is 0 Å². The molecule has 0 unspecified atom stereocenters. The van der Waals surface area contributed by atoms with E-state index in [-0.39, 0.29) is 94.6 Å². The first-order valence-electron chi connectivity index (χ1n) is 21.6. The summed E-state index contributed by atoms with van der Waals surface area (Å²) in [6.45, 7) is 2.18. The Morgan fingerprint density at radius 1 is 0.576 bits per heavy atom. The number of aryl methyl sites for hydroxylation is 1. The monoisotopic (exact) mass is 902 g/mol. The third-order valence-corrected chi connectivity index (χ3v) is 10.1. The number of H-pyrrole nitrogens is 1. The number of aliphatic carboxylic acids is 1. The summed E-state index contributed by atoms with van der Waals surface area (Å²) in [6.07, 6.45) is 18.2. The van der Waals surface area contributed by atoms with Crippen molar-refractivity contribution in [2.75, 3.05) is 71.3 Å². The molecule has 0 aromatic carbocycles. The number of carbonyl (C=O) groups is 6. The molecule has 0 saturated heterocycles. The SMILES string of the molecule is O=C(CBr)CCCNC(=O)COCCOCCCC(=O)COCCOCCNC(=O)CC[C@H](CC(=O)CCCCCCCCCCCCCCCc1nn[nH]n1)C(=O)O. The second kappa shape index (κ2) is 39.0. The van der Waals surface area contributed by atoms with Crippen molar-refractivity contribution in [1.82, 2.24) is 31.3 Å². The highest BCUT2D eigenvalue weighted by Gasteiger charge is 2.22. The molecule has 1 rings (SSSR count). The summed E-state index contributed by atoms with van der Waals surface area (Å²) in [7, 11) is 0. The van der Waals surface area contributed by atoms with Gasteiger partial charge < -0.3 is 34.7 Å². The number of ketones is 3. The Kier molecular flexibility index (Phi) is 35.6. The van der Waals surface area contributed by atoms with Crippen LogP contribution in [0.1, 0.15) is 141 Å². The molecule has 18 heteroatoms. The van der Waals surface area contributed by atoms with E-state index in [0.717, 1.165) is 44.3 Å². The number of aromatic nitrogens is 4. The molecule has 1 heterocycles. The van der Waals surface area contributed by atoms with E-state index >= 15 is 0 Å². The molecule has 0 aliphatic heterocycles. The van der Waals surface area contributed by atoms with Gasteiger partial charge in [-0.1, -0.05) is 91.8 Å². The van der Waals surface area contributed by atoms with E-state index in [2.05, 4.69) is 47.2 Å². The van der Waals surface area contributed by atoms with Crippen LogP contribution < -0.4 is 10.6 Å². The van der Waals surface area contributed by atoms with Gasteiger partial charge in [0.25, 0.3) is 0 Å². The normalized spacial score (nSPS) is 11.7. The van der Waals surface area contributed by atoms with E-state index in [1.165, 1.54) is 51.4 Å². The van der Waals surface area contributed by atoms with Crippen LogP contribution in [0, 0.1) is 5.92 Å². The first-order chi connectivity index (χ1) is 28.7. The zero-order chi connectivity index (χ0) is 43.0. The molecule has 0 saturated carbocycles. The molecule has 1 aromatic heterocycles. The standard InChI is InChI=1S/C41H71BrN6O11/c42-31-36(50)17-14-22-43-40(53)33-59-29-26-56-24-15-18-37(51)32-58-28-27-57-25-23-44-39(52)21-20-34(41(54)55)30-35(49)16-12-10-8-6-4-2-1-3-5-7-9-11-13-19-38-45-47-48-46-38/h34H,1-33H2,(H,43,53)(H,44,52)(H,54,55)(H,45,46,47,48)/t34-/m1/s1. The number of nitrogens with one attached hydrogen (secondary N) is 3. The van der Waals surface area contributed by atoms with Crippen molar-refractivity contribution >= 4 is 51.1 Å². The molecule has 2 amide bonds. The fraction of sp³-hybridized carbons (Fsp3) is 0.829. The summed E-state index contributed by atoms with van der Waals surface area (Å²) in [4.78, 5) is 71.2. The number of carboxylic acid groups (broad SMARTS) is 1. The van der Waals surface area contributed by atoms with E-state index in [0.29, 0.717) is 57.2 Å². The Balaban J connectivity index is 1.89. The van der Waals surface area contributed by atoms with Crippen molar-refractivity contribution in [2.45, 2.75) is 141 Å². The lowest BCUT2D eigenvalue weighted by atomic mass is 9.94. The third-order valence-electron chi connectivity index (χ3n) is 9.45. The van der Waals surface area contributed by atoms with Gasteiger partial charge in [0.2, 0.25) is 11.8 Å². The van der Waals surface area contributed by atoms with Crippen LogP contribution in [-0.4, -0.2) is 132 Å². The molecular weight excluding hydrogens is 832 g/mol. The van der Waals surface area contributed by atoms with Gasteiger partial charge in [-0.15, -0.1) is 10.2 Å². The highest BCUT2D eigenvalue weighted by Crippen LogP contribution is 2.17. The quantitative estimate of drug-likeness (QED) is 0.0496.